The van der Waals surface area contributed by atoms with Crippen LogP contribution in [0, 0.1) is 0 Å². The Hall–Kier alpha value is -3.11. The summed E-state index contributed by atoms with van der Waals surface area (Å²) in [5.74, 6) is 0.697. The molecule has 4 heteroatoms. The molecule has 0 aliphatic carbocycles. The van der Waals surface area contributed by atoms with Crippen molar-refractivity contribution in [2.75, 3.05) is 13.1 Å². The molecule has 0 spiro atoms. The molecule has 3 aromatic carbocycles. The Morgan fingerprint density at radius 2 is 1.75 bits per heavy atom. The van der Waals surface area contributed by atoms with Crippen LogP contribution in [-0.2, 0) is 17.8 Å². The highest BCUT2D eigenvalue weighted by Gasteiger charge is 2.29. The number of rotatable bonds is 8. The van der Waals surface area contributed by atoms with Crippen LogP contribution in [0.4, 0.5) is 0 Å². The molecule has 1 aliphatic rings. The number of ether oxygens (including phenoxy) is 1. The summed E-state index contributed by atoms with van der Waals surface area (Å²) < 4.78 is 6.15. The smallest absolute Gasteiger partial charge is 0.261 e. The lowest BCUT2D eigenvalue weighted by molar-refractivity contribution is -0.128. The second-order valence-corrected chi connectivity index (χ2v) is 8.29. The topological polar surface area (TPSA) is 41.6 Å². The Balaban J connectivity index is 1.67. The number of fused-ring (bicyclic) bond motifs is 1. The zero-order chi connectivity index (χ0) is 22.3. The number of amides is 1. The zero-order valence-electron chi connectivity index (χ0n) is 19.0. The number of hydrogen-bond donors (Lipinski definition) is 1. The largest absolute Gasteiger partial charge is 0.481 e. The highest BCUT2D eigenvalue weighted by atomic mass is 16.5. The molecule has 1 amide bonds. The number of carbonyl (C=O) groups is 1. The SMILES string of the molecule is CCNC(=O)C(CC)Oc1ccc2c(c1)C(c1ccccc1)N(Cc1ccccc1)CC2. The van der Waals surface area contributed by atoms with Crippen LogP contribution in [0.5, 0.6) is 5.75 Å². The Morgan fingerprint density at radius 1 is 1.03 bits per heavy atom. The van der Waals surface area contributed by atoms with E-state index in [1.165, 1.54) is 22.3 Å². The van der Waals surface area contributed by atoms with Gasteiger partial charge < -0.3 is 10.1 Å². The lowest BCUT2D eigenvalue weighted by Crippen LogP contribution is -2.38. The molecule has 3 aromatic rings. The van der Waals surface area contributed by atoms with E-state index in [1.54, 1.807) is 0 Å². The molecule has 0 aromatic heterocycles. The van der Waals surface area contributed by atoms with Gasteiger partial charge in [-0.05, 0) is 54.2 Å². The number of benzene rings is 3. The van der Waals surface area contributed by atoms with Crippen molar-refractivity contribution >= 4 is 5.91 Å². The van der Waals surface area contributed by atoms with Crippen molar-refractivity contribution in [3.05, 3.63) is 101 Å². The fraction of sp³-hybridized carbons (Fsp3) is 0.321. The third-order valence-corrected chi connectivity index (χ3v) is 6.08. The fourth-order valence-corrected chi connectivity index (χ4v) is 4.51. The number of nitrogens with zero attached hydrogens (tertiary/aromatic N) is 1. The molecule has 0 radical (unpaired) electrons. The van der Waals surface area contributed by atoms with Crippen molar-refractivity contribution in [2.24, 2.45) is 0 Å². The molecule has 1 heterocycles. The third-order valence-electron chi connectivity index (χ3n) is 6.08. The first kappa shape index (κ1) is 22.1. The molecule has 0 fully saturated rings. The maximum Gasteiger partial charge on any atom is 0.261 e. The van der Waals surface area contributed by atoms with Crippen molar-refractivity contribution in [2.45, 2.75) is 45.4 Å². The van der Waals surface area contributed by atoms with Gasteiger partial charge in [-0.3, -0.25) is 9.69 Å². The van der Waals surface area contributed by atoms with Crippen LogP contribution < -0.4 is 10.1 Å². The molecule has 0 saturated heterocycles. The van der Waals surface area contributed by atoms with Gasteiger partial charge in [0.1, 0.15) is 5.75 Å². The Kier molecular flexibility index (Phi) is 7.23. The summed E-state index contributed by atoms with van der Waals surface area (Å²) in [6, 6.07) is 27.8. The molecule has 1 aliphatic heterocycles. The molecular weight excluding hydrogens is 396 g/mol. The van der Waals surface area contributed by atoms with Crippen LogP contribution in [-0.4, -0.2) is 30.0 Å². The maximum absolute atomic E-state index is 12.4. The summed E-state index contributed by atoms with van der Waals surface area (Å²) in [5.41, 5.74) is 5.20. The Labute approximate surface area is 191 Å². The minimum Gasteiger partial charge on any atom is -0.481 e. The van der Waals surface area contributed by atoms with E-state index in [9.17, 15) is 4.79 Å². The number of nitrogens with one attached hydrogen (secondary N) is 1. The van der Waals surface area contributed by atoms with Crippen LogP contribution in [0.15, 0.2) is 78.9 Å². The van der Waals surface area contributed by atoms with Gasteiger partial charge in [0.15, 0.2) is 6.10 Å². The van der Waals surface area contributed by atoms with Crippen molar-refractivity contribution in [1.82, 2.24) is 10.2 Å². The lowest BCUT2D eigenvalue weighted by Gasteiger charge is -2.38. The Morgan fingerprint density at radius 3 is 2.44 bits per heavy atom. The van der Waals surface area contributed by atoms with Crippen molar-refractivity contribution in [3.8, 4) is 5.75 Å². The molecule has 166 valence electrons. The average Bonchev–Trinajstić information content (AvgIpc) is 2.83. The van der Waals surface area contributed by atoms with E-state index in [-0.39, 0.29) is 11.9 Å². The standard InChI is InChI=1S/C28H32N2O2/c1-3-26(28(31)29-4-2)32-24-16-15-22-17-18-30(20-21-11-7-5-8-12-21)27(25(22)19-24)23-13-9-6-10-14-23/h5-16,19,26-27H,3-4,17-18,20H2,1-2H3,(H,29,31). The van der Waals surface area contributed by atoms with E-state index in [2.05, 4.69) is 83.0 Å². The summed E-state index contributed by atoms with van der Waals surface area (Å²) in [6.07, 6.45) is 1.15. The second-order valence-electron chi connectivity index (χ2n) is 8.29. The van der Waals surface area contributed by atoms with Gasteiger partial charge in [0.05, 0.1) is 6.04 Å². The molecule has 1 N–H and O–H groups in total. The number of carbonyl (C=O) groups excluding carboxylic acids is 1. The first-order chi connectivity index (χ1) is 15.7. The van der Waals surface area contributed by atoms with Gasteiger partial charge in [-0.25, -0.2) is 0 Å². The van der Waals surface area contributed by atoms with Crippen LogP contribution in [0.25, 0.3) is 0 Å². The van der Waals surface area contributed by atoms with E-state index in [0.29, 0.717) is 13.0 Å². The van der Waals surface area contributed by atoms with Crippen LogP contribution in [0.3, 0.4) is 0 Å². The summed E-state index contributed by atoms with van der Waals surface area (Å²) in [4.78, 5) is 14.9. The molecule has 32 heavy (non-hydrogen) atoms. The predicted molar refractivity (Wildman–Crippen MR) is 129 cm³/mol. The van der Waals surface area contributed by atoms with Crippen LogP contribution in [0.2, 0.25) is 0 Å². The highest BCUT2D eigenvalue weighted by Crippen LogP contribution is 2.38. The van der Waals surface area contributed by atoms with Crippen LogP contribution >= 0.6 is 0 Å². The van der Waals surface area contributed by atoms with Gasteiger partial charge in [0.2, 0.25) is 0 Å². The van der Waals surface area contributed by atoms with Gasteiger partial charge in [-0.2, -0.15) is 0 Å². The first-order valence-electron chi connectivity index (χ1n) is 11.6. The molecular formula is C28H32N2O2. The first-order valence-corrected chi connectivity index (χ1v) is 11.6. The van der Waals surface area contributed by atoms with Gasteiger partial charge in [-0.15, -0.1) is 0 Å². The van der Waals surface area contributed by atoms with E-state index in [1.807, 2.05) is 19.9 Å². The zero-order valence-corrected chi connectivity index (χ0v) is 19.0. The summed E-state index contributed by atoms with van der Waals surface area (Å²) >= 11 is 0. The summed E-state index contributed by atoms with van der Waals surface area (Å²) in [5, 5.41) is 2.88. The molecule has 0 bridgehead atoms. The monoisotopic (exact) mass is 428 g/mol. The van der Waals surface area contributed by atoms with Gasteiger partial charge in [-0.1, -0.05) is 73.7 Å². The summed E-state index contributed by atoms with van der Waals surface area (Å²) in [7, 11) is 0. The number of likely N-dealkylation sites (N-methyl/N-ethyl adjacent to an activating group) is 1. The molecule has 2 unspecified atom stereocenters. The van der Waals surface area contributed by atoms with Crippen molar-refractivity contribution in [1.29, 1.82) is 0 Å². The van der Waals surface area contributed by atoms with Gasteiger partial charge in [0.25, 0.3) is 5.91 Å². The van der Waals surface area contributed by atoms with Crippen molar-refractivity contribution in [3.63, 3.8) is 0 Å². The van der Waals surface area contributed by atoms with E-state index < -0.39 is 6.10 Å². The average molecular weight is 429 g/mol. The molecule has 2 atom stereocenters. The molecule has 0 saturated carbocycles. The number of hydrogen-bond acceptors (Lipinski definition) is 3. The minimum absolute atomic E-state index is 0.0574. The van der Waals surface area contributed by atoms with Crippen LogP contribution in [0.1, 0.15) is 48.6 Å². The quantitative estimate of drug-likeness (QED) is 0.541. The predicted octanol–water partition coefficient (Wildman–Crippen LogP) is 5.13. The van der Waals surface area contributed by atoms with Gasteiger partial charge >= 0.3 is 0 Å². The van der Waals surface area contributed by atoms with Gasteiger partial charge in [0, 0.05) is 19.6 Å². The lowest BCUT2D eigenvalue weighted by atomic mass is 9.87. The fourth-order valence-electron chi connectivity index (χ4n) is 4.51. The third kappa shape index (κ3) is 5.03. The Bertz CT molecular complexity index is 1020. The van der Waals surface area contributed by atoms with Crippen molar-refractivity contribution < 1.29 is 9.53 Å². The normalized spacial score (nSPS) is 16.8. The molecule has 4 rings (SSSR count). The van der Waals surface area contributed by atoms with E-state index >= 15 is 0 Å². The van der Waals surface area contributed by atoms with E-state index in [4.69, 9.17) is 4.74 Å². The van der Waals surface area contributed by atoms with E-state index in [0.717, 1.165) is 25.3 Å². The minimum atomic E-state index is -0.479. The summed E-state index contributed by atoms with van der Waals surface area (Å²) in [6.45, 7) is 6.40. The molecule has 4 nitrogen and oxygen atoms in total. The highest BCUT2D eigenvalue weighted by molar-refractivity contribution is 5.81. The second kappa shape index (κ2) is 10.5. The maximum atomic E-state index is 12.4.